The molecule has 1 unspecified atom stereocenters. The van der Waals surface area contributed by atoms with E-state index in [0.717, 1.165) is 31.2 Å². The van der Waals surface area contributed by atoms with Gasteiger partial charge in [0.1, 0.15) is 5.76 Å². The van der Waals surface area contributed by atoms with Crippen molar-refractivity contribution in [2.75, 3.05) is 13.2 Å². The van der Waals surface area contributed by atoms with Crippen LogP contribution in [0, 0.1) is 0 Å². The van der Waals surface area contributed by atoms with Crippen molar-refractivity contribution in [3.8, 4) is 0 Å². The van der Waals surface area contributed by atoms with Gasteiger partial charge in [-0.15, -0.1) is 0 Å². The lowest BCUT2D eigenvalue weighted by Gasteiger charge is -2.22. The standard InChI is InChI=1S/C12H20N2O2/c1-2-10-8-14-12(16-10)9-13-7-11-5-3-4-6-15-11/h8,11,13H,2-7,9H2,1H3. The predicted octanol–water partition coefficient (Wildman–Crippen LogP) is 1.90. The number of nitrogens with one attached hydrogen (secondary N) is 1. The van der Waals surface area contributed by atoms with Crippen molar-refractivity contribution < 1.29 is 9.15 Å². The van der Waals surface area contributed by atoms with Crippen LogP contribution in [0.25, 0.3) is 0 Å². The average molecular weight is 224 g/mol. The summed E-state index contributed by atoms with van der Waals surface area (Å²) in [5, 5.41) is 3.33. The first-order chi connectivity index (χ1) is 7.88. The number of oxazole rings is 1. The molecular formula is C12H20N2O2. The largest absolute Gasteiger partial charge is 0.444 e. The summed E-state index contributed by atoms with van der Waals surface area (Å²) in [4.78, 5) is 4.20. The SMILES string of the molecule is CCc1cnc(CNCC2CCCCO2)o1. The van der Waals surface area contributed by atoms with E-state index in [0.29, 0.717) is 12.6 Å². The van der Waals surface area contributed by atoms with Gasteiger partial charge in [0.15, 0.2) is 0 Å². The van der Waals surface area contributed by atoms with Gasteiger partial charge in [-0.1, -0.05) is 6.92 Å². The van der Waals surface area contributed by atoms with Gasteiger partial charge in [0, 0.05) is 19.6 Å². The van der Waals surface area contributed by atoms with Gasteiger partial charge >= 0.3 is 0 Å². The monoisotopic (exact) mass is 224 g/mol. The lowest BCUT2D eigenvalue weighted by atomic mass is 10.1. The van der Waals surface area contributed by atoms with E-state index in [2.05, 4.69) is 17.2 Å². The van der Waals surface area contributed by atoms with Crippen molar-refractivity contribution in [3.63, 3.8) is 0 Å². The summed E-state index contributed by atoms with van der Waals surface area (Å²) in [5.41, 5.74) is 0. The number of hydrogen-bond acceptors (Lipinski definition) is 4. The lowest BCUT2D eigenvalue weighted by molar-refractivity contribution is 0.0165. The van der Waals surface area contributed by atoms with Crippen molar-refractivity contribution in [2.45, 2.75) is 45.3 Å². The Morgan fingerprint density at radius 1 is 1.50 bits per heavy atom. The van der Waals surface area contributed by atoms with Crippen molar-refractivity contribution in [1.82, 2.24) is 10.3 Å². The molecule has 0 saturated carbocycles. The van der Waals surface area contributed by atoms with Crippen LogP contribution in [0.2, 0.25) is 0 Å². The van der Waals surface area contributed by atoms with Gasteiger partial charge in [-0.05, 0) is 19.3 Å². The molecule has 1 aliphatic rings. The first-order valence-corrected chi connectivity index (χ1v) is 6.14. The summed E-state index contributed by atoms with van der Waals surface area (Å²) < 4.78 is 11.1. The molecule has 90 valence electrons. The summed E-state index contributed by atoms with van der Waals surface area (Å²) in [5.74, 6) is 1.72. The van der Waals surface area contributed by atoms with Crippen molar-refractivity contribution >= 4 is 0 Å². The Hall–Kier alpha value is -0.870. The maximum absolute atomic E-state index is 5.63. The van der Waals surface area contributed by atoms with Crippen molar-refractivity contribution in [1.29, 1.82) is 0 Å². The third kappa shape index (κ3) is 3.32. The van der Waals surface area contributed by atoms with E-state index >= 15 is 0 Å². The third-order valence-electron chi connectivity index (χ3n) is 2.87. The Balaban J connectivity index is 1.66. The average Bonchev–Trinajstić information content (AvgIpc) is 2.78. The molecule has 4 heteroatoms. The van der Waals surface area contributed by atoms with Gasteiger partial charge in [0.05, 0.1) is 18.8 Å². The number of hydrogen-bond donors (Lipinski definition) is 1. The van der Waals surface area contributed by atoms with Crippen molar-refractivity contribution in [2.24, 2.45) is 0 Å². The summed E-state index contributed by atoms with van der Waals surface area (Å²) in [6, 6.07) is 0. The van der Waals surface area contributed by atoms with Crippen LogP contribution in [0.4, 0.5) is 0 Å². The van der Waals surface area contributed by atoms with E-state index in [1.54, 1.807) is 6.20 Å². The zero-order valence-corrected chi connectivity index (χ0v) is 9.87. The number of ether oxygens (including phenoxy) is 1. The third-order valence-corrected chi connectivity index (χ3v) is 2.87. The summed E-state index contributed by atoms with van der Waals surface area (Å²) in [6.07, 6.45) is 6.72. The minimum atomic E-state index is 0.370. The molecule has 0 radical (unpaired) electrons. The van der Waals surface area contributed by atoms with Crippen LogP contribution in [0.15, 0.2) is 10.6 Å². The summed E-state index contributed by atoms with van der Waals surface area (Å²) in [7, 11) is 0. The fraction of sp³-hybridized carbons (Fsp3) is 0.750. The number of aromatic nitrogens is 1. The molecule has 1 fully saturated rings. The van der Waals surface area contributed by atoms with Gasteiger partial charge in [0.2, 0.25) is 5.89 Å². The molecule has 0 bridgehead atoms. The Morgan fingerprint density at radius 3 is 3.12 bits per heavy atom. The van der Waals surface area contributed by atoms with E-state index < -0.39 is 0 Å². The highest BCUT2D eigenvalue weighted by atomic mass is 16.5. The molecule has 0 aliphatic carbocycles. The summed E-state index contributed by atoms with van der Waals surface area (Å²) >= 11 is 0. The molecule has 1 aromatic rings. The zero-order valence-electron chi connectivity index (χ0n) is 9.87. The molecular weight excluding hydrogens is 204 g/mol. The number of rotatable bonds is 5. The second-order valence-electron chi connectivity index (χ2n) is 4.19. The Kier molecular flexibility index (Phi) is 4.36. The highest BCUT2D eigenvalue weighted by molar-refractivity contribution is 4.93. The molecule has 1 N–H and O–H groups in total. The Morgan fingerprint density at radius 2 is 2.44 bits per heavy atom. The topological polar surface area (TPSA) is 47.3 Å². The predicted molar refractivity (Wildman–Crippen MR) is 61.2 cm³/mol. The van der Waals surface area contributed by atoms with Crippen LogP contribution < -0.4 is 5.32 Å². The van der Waals surface area contributed by atoms with Gasteiger partial charge in [0.25, 0.3) is 0 Å². The minimum Gasteiger partial charge on any atom is -0.444 e. The van der Waals surface area contributed by atoms with Crippen LogP contribution in [0.1, 0.15) is 37.8 Å². The molecule has 0 aromatic carbocycles. The summed E-state index contributed by atoms with van der Waals surface area (Å²) in [6.45, 7) is 4.56. The second kappa shape index (κ2) is 6.01. The lowest BCUT2D eigenvalue weighted by Crippen LogP contribution is -2.31. The molecule has 16 heavy (non-hydrogen) atoms. The first kappa shape index (κ1) is 11.6. The fourth-order valence-electron chi connectivity index (χ4n) is 1.90. The molecule has 1 atom stereocenters. The second-order valence-corrected chi connectivity index (χ2v) is 4.19. The highest BCUT2D eigenvalue weighted by Crippen LogP contribution is 2.11. The van der Waals surface area contributed by atoms with Crippen LogP contribution in [-0.2, 0) is 17.7 Å². The Labute approximate surface area is 96.4 Å². The van der Waals surface area contributed by atoms with Gasteiger partial charge in [-0.25, -0.2) is 4.98 Å². The van der Waals surface area contributed by atoms with Crippen molar-refractivity contribution in [3.05, 3.63) is 17.8 Å². The first-order valence-electron chi connectivity index (χ1n) is 6.14. The number of aryl methyl sites for hydroxylation is 1. The molecule has 1 aliphatic heterocycles. The minimum absolute atomic E-state index is 0.370. The van der Waals surface area contributed by atoms with Gasteiger partial charge in [-0.3, -0.25) is 0 Å². The zero-order chi connectivity index (χ0) is 11.2. The molecule has 2 rings (SSSR count). The van der Waals surface area contributed by atoms with E-state index in [-0.39, 0.29) is 0 Å². The van der Waals surface area contributed by atoms with Crippen LogP contribution in [0.5, 0.6) is 0 Å². The fourth-order valence-corrected chi connectivity index (χ4v) is 1.90. The quantitative estimate of drug-likeness (QED) is 0.829. The van der Waals surface area contributed by atoms with Crippen LogP contribution in [-0.4, -0.2) is 24.2 Å². The number of nitrogens with zero attached hydrogens (tertiary/aromatic N) is 1. The van der Waals surface area contributed by atoms with E-state index in [1.165, 1.54) is 19.3 Å². The highest BCUT2D eigenvalue weighted by Gasteiger charge is 2.13. The molecule has 1 saturated heterocycles. The maximum atomic E-state index is 5.63. The molecule has 1 aromatic heterocycles. The van der Waals surface area contributed by atoms with E-state index in [9.17, 15) is 0 Å². The molecule has 2 heterocycles. The van der Waals surface area contributed by atoms with E-state index in [1.807, 2.05) is 0 Å². The van der Waals surface area contributed by atoms with Crippen LogP contribution in [0.3, 0.4) is 0 Å². The Bertz CT molecular complexity index is 306. The molecule has 4 nitrogen and oxygen atoms in total. The molecule has 0 amide bonds. The molecule has 0 spiro atoms. The van der Waals surface area contributed by atoms with Crippen LogP contribution >= 0.6 is 0 Å². The van der Waals surface area contributed by atoms with Gasteiger partial charge in [-0.2, -0.15) is 0 Å². The normalized spacial score (nSPS) is 21.2. The smallest absolute Gasteiger partial charge is 0.208 e. The maximum Gasteiger partial charge on any atom is 0.208 e. The van der Waals surface area contributed by atoms with Gasteiger partial charge < -0.3 is 14.5 Å². The van der Waals surface area contributed by atoms with E-state index in [4.69, 9.17) is 9.15 Å².